The molecule has 0 spiro atoms. The van der Waals surface area contributed by atoms with Gasteiger partial charge >= 0.3 is 0 Å². The zero-order valence-electron chi connectivity index (χ0n) is 12.3. The Hall–Kier alpha value is -0.900. The molecule has 5 rings (SSSR count). The monoisotopic (exact) mass is 271 g/mol. The van der Waals surface area contributed by atoms with E-state index < -0.39 is 0 Å². The molecular formula is C17H25N3. The topological polar surface area (TPSA) is 18.5 Å². The molecule has 1 N–H and O–H groups in total. The Labute approximate surface area is 121 Å². The minimum atomic E-state index is 0.656. The van der Waals surface area contributed by atoms with Crippen LogP contribution in [0.4, 0.5) is 0 Å². The van der Waals surface area contributed by atoms with Crippen molar-refractivity contribution in [1.29, 1.82) is 0 Å². The molecule has 4 atom stereocenters. The van der Waals surface area contributed by atoms with E-state index in [2.05, 4.69) is 52.5 Å². The van der Waals surface area contributed by atoms with Crippen LogP contribution in [0, 0.1) is 5.92 Å². The molecule has 2 bridgehead atoms. The first-order valence-electron chi connectivity index (χ1n) is 8.05. The number of likely N-dealkylation sites (N-methyl/N-ethyl adjacent to an activating group) is 1. The minimum Gasteiger partial charge on any atom is -0.315 e. The number of nitrogens with zero attached hydrogens (tertiary/aromatic N) is 2. The van der Waals surface area contributed by atoms with Crippen LogP contribution in [-0.2, 0) is 0 Å². The van der Waals surface area contributed by atoms with Crippen LogP contribution in [0.5, 0.6) is 0 Å². The first kappa shape index (κ1) is 12.8. The highest BCUT2D eigenvalue weighted by Gasteiger charge is 2.49. The van der Waals surface area contributed by atoms with Crippen LogP contribution in [-0.4, -0.2) is 61.7 Å². The molecule has 0 aromatic heterocycles. The van der Waals surface area contributed by atoms with Crippen LogP contribution in [0.15, 0.2) is 30.3 Å². The van der Waals surface area contributed by atoms with Gasteiger partial charge in [-0.05, 0) is 30.9 Å². The fourth-order valence-corrected chi connectivity index (χ4v) is 4.39. The van der Waals surface area contributed by atoms with Gasteiger partial charge in [0.2, 0.25) is 0 Å². The molecule has 108 valence electrons. The van der Waals surface area contributed by atoms with Gasteiger partial charge in [0.1, 0.15) is 0 Å². The molecule has 3 heterocycles. The molecule has 3 saturated heterocycles. The number of nitrogens with one attached hydrogen (secondary N) is 1. The Morgan fingerprint density at radius 1 is 1.10 bits per heavy atom. The van der Waals surface area contributed by atoms with Gasteiger partial charge in [0.05, 0.1) is 0 Å². The maximum atomic E-state index is 3.65. The van der Waals surface area contributed by atoms with Crippen molar-refractivity contribution in [3.8, 4) is 0 Å². The molecule has 4 aliphatic rings. The van der Waals surface area contributed by atoms with Gasteiger partial charge in [-0.2, -0.15) is 0 Å². The highest BCUT2D eigenvalue weighted by molar-refractivity contribution is 5.27. The molecule has 3 nitrogen and oxygen atoms in total. The summed E-state index contributed by atoms with van der Waals surface area (Å²) in [6.07, 6.45) is 1.36. The molecule has 1 saturated carbocycles. The largest absolute Gasteiger partial charge is 0.315 e. The molecule has 1 aromatic rings. The predicted octanol–water partition coefficient (Wildman–Crippen LogP) is 1.38. The van der Waals surface area contributed by atoms with E-state index in [1.807, 2.05) is 0 Å². The second-order valence-corrected chi connectivity index (χ2v) is 6.64. The van der Waals surface area contributed by atoms with E-state index in [0.29, 0.717) is 6.04 Å². The van der Waals surface area contributed by atoms with Gasteiger partial charge in [0.15, 0.2) is 0 Å². The number of benzene rings is 1. The van der Waals surface area contributed by atoms with Crippen molar-refractivity contribution in [3.63, 3.8) is 0 Å². The Balaban J connectivity index is 1.47. The van der Waals surface area contributed by atoms with Crippen molar-refractivity contribution in [1.82, 2.24) is 15.1 Å². The maximum absolute atomic E-state index is 3.65. The maximum Gasteiger partial charge on any atom is 0.0380 e. The van der Waals surface area contributed by atoms with E-state index in [1.165, 1.54) is 44.7 Å². The number of piperazine rings is 3. The average molecular weight is 271 g/mol. The van der Waals surface area contributed by atoms with Crippen LogP contribution in [0.25, 0.3) is 0 Å². The van der Waals surface area contributed by atoms with Crippen molar-refractivity contribution in [2.75, 3.05) is 39.8 Å². The lowest BCUT2D eigenvalue weighted by molar-refractivity contribution is -0.00580. The van der Waals surface area contributed by atoms with Crippen molar-refractivity contribution in [2.24, 2.45) is 5.92 Å². The smallest absolute Gasteiger partial charge is 0.0380 e. The SMILES string of the molecule is CNC(C1CC1c1ccccc1)C1CN2CCN1CC2. The zero-order chi connectivity index (χ0) is 13.5. The second-order valence-electron chi connectivity index (χ2n) is 6.64. The van der Waals surface area contributed by atoms with Gasteiger partial charge in [0.25, 0.3) is 0 Å². The van der Waals surface area contributed by atoms with Crippen molar-refractivity contribution >= 4 is 0 Å². The third-order valence-electron chi connectivity index (χ3n) is 5.60. The molecule has 3 aliphatic heterocycles. The van der Waals surface area contributed by atoms with Crippen LogP contribution in [0.2, 0.25) is 0 Å². The Bertz CT molecular complexity index is 453. The summed E-state index contributed by atoms with van der Waals surface area (Å²) >= 11 is 0. The first-order chi connectivity index (χ1) is 9.86. The second kappa shape index (κ2) is 5.14. The van der Waals surface area contributed by atoms with Gasteiger partial charge in [-0.1, -0.05) is 30.3 Å². The summed E-state index contributed by atoms with van der Waals surface area (Å²) in [7, 11) is 2.16. The van der Waals surface area contributed by atoms with Crippen LogP contribution in [0.1, 0.15) is 17.9 Å². The summed E-state index contributed by atoms with van der Waals surface area (Å²) in [6.45, 7) is 6.36. The van der Waals surface area contributed by atoms with E-state index in [9.17, 15) is 0 Å². The highest BCUT2D eigenvalue weighted by Crippen LogP contribution is 2.50. The normalized spacial score (nSPS) is 40.5. The summed E-state index contributed by atoms with van der Waals surface area (Å²) in [5, 5.41) is 3.65. The average Bonchev–Trinajstić information content (AvgIpc) is 3.31. The van der Waals surface area contributed by atoms with Crippen molar-refractivity contribution < 1.29 is 0 Å². The van der Waals surface area contributed by atoms with Crippen LogP contribution < -0.4 is 5.32 Å². The number of hydrogen-bond acceptors (Lipinski definition) is 3. The summed E-state index contributed by atoms with van der Waals surface area (Å²) in [5.74, 6) is 1.61. The number of hydrogen-bond donors (Lipinski definition) is 1. The molecular weight excluding hydrogens is 246 g/mol. The molecule has 20 heavy (non-hydrogen) atoms. The third kappa shape index (κ3) is 2.18. The Morgan fingerprint density at radius 3 is 2.45 bits per heavy atom. The van der Waals surface area contributed by atoms with Crippen LogP contribution >= 0.6 is 0 Å². The number of rotatable bonds is 4. The lowest BCUT2D eigenvalue weighted by atomic mass is 9.94. The lowest BCUT2D eigenvalue weighted by Crippen LogP contribution is -2.66. The van der Waals surface area contributed by atoms with E-state index >= 15 is 0 Å². The fraction of sp³-hybridized carbons (Fsp3) is 0.647. The lowest BCUT2D eigenvalue weighted by Gasteiger charge is -2.50. The molecule has 4 unspecified atom stereocenters. The summed E-state index contributed by atoms with van der Waals surface area (Å²) in [5.41, 5.74) is 1.54. The van der Waals surface area contributed by atoms with E-state index in [1.54, 1.807) is 0 Å². The van der Waals surface area contributed by atoms with Gasteiger partial charge in [-0.15, -0.1) is 0 Å². The van der Waals surface area contributed by atoms with Crippen LogP contribution in [0.3, 0.4) is 0 Å². The first-order valence-corrected chi connectivity index (χ1v) is 8.05. The van der Waals surface area contributed by atoms with E-state index in [4.69, 9.17) is 0 Å². The van der Waals surface area contributed by atoms with E-state index in [-0.39, 0.29) is 0 Å². The van der Waals surface area contributed by atoms with Crippen molar-refractivity contribution in [3.05, 3.63) is 35.9 Å². The fourth-order valence-electron chi connectivity index (χ4n) is 4.39. The summed E-state index contributed by atoms with van der Waals surface area (Å²) < 4.78 is 0. The molecule has 4 fully saturated rings. The Morgan fingerprint density at radius 2 is 1.85 bits per heavy atom. The zero-order valence-corrected chi connectivity index (χ0v) is 12.3. The quantitative estimate of drug-likeness (QED) is 0.892. The predicted molar refractivity (Wildman–Crippen MR) is 81.9 cm³/mol. The molecule has 0 radical (unpaired) electrons. The molecule has 1 aromatic carbocycles. The van der Waals surface area contributed by atoms with Crippen molar-refractivity contribution in [2.45, 2.75) is 24.4 Å². The number of fused-ring (bicyclic) bond motifs is 3. The molecule has 3 heteroatoms. The van der Waals surface area contributed by atoms with Gasteiger partial charge in [-0.25, -0.2) is 0 Å². The molecule has 0 amide bonds. The Kier molecular flexibility index (Phi) is 3.29. The minimum absolute atomic E-state index is 0.656. The summed E-state index contributed by atoms with van der Waals surface area (Å²) in [4.78, 5) is 5.37. The van der Waals surface area contributed by atoms with E-state index in [0.717, 1.165) is 17.9 Å². The molecule has 1 aliphatic carbocycles. The standard InChI is InChI=1S/C17H25N3/c1-18-17(16-12-19-7-9-20(16)10-8-19)15-11-14(15)13-5-3-2-4-6-13/h2-6,14-18H,7-12H2,1H3. The van der Waals surface area contributed by atoms with Gasteiger partial charge in [-0.3, -0.25) is 9.80 Å². The van der Waals surface area contributed by atoms with Gasteiger partial charge in [0, 0.05) is 44.8 Å². The van der Waals surface area contributed by atoms with Gasteiger partial charge < -0.3 is 5.32 Å². The highest BCUT2D eigenvalue weighted by atomic mass is 15.4. The third-order valence-corrected chi connectivity index (χ3v) is 5.60. The summed E-state index contributed by atoms with van der Waals surface area (Å²) in [6, 6.07) is 12.5.